The fraction of sp³-hybridized carbons (Fsp3) is 0.167. The number of aromatic amines is 1. The van der Waals surface area contributed by atoms with Gasteiger partial charge in [-0.15, -0.1) is 11.3 Å². The van der Waals surface area contributed by atoms with Gasteiger partial charge in [-0.2, -0.15) is 0 Å². The van der Waals surface area contributed by atoms with Gasteiger partial charge in [0.2, 0.25) is 5.88 Å². The Kier molecular flexibility index (Phi) is 6.55. The third-order valence-electron chi connectivity index (χ3n) is 4.06. The molecular formula is C18H16ClFN4O5S. The Hall–Kier alpha value is -3.15. The quantitative estimate of drug-likeness (QED) is 0.323. The molecule has 0 aliphatic rings. The Morgan fingerprint density at radius 2 is 2.07 bits per heavy atom. The number of rotatable bonds is 7. The van der Waals surface area contributed by atoms with Crippen molar-refractivity contribution in [3.8, 4) is 17.1 Å². The predicted molar refractivity (Wildman–Crippen MR) is 107 cm³/mol. The molecule has 0 saturated heterocycles. The molecule has 2 heterocycles. The molecule has 0 aliphatic carbocycles. The number of benzene rings is 1. The third-order valence-corrected chi connectivity index (χ3v) is 5.51. The maximum Gasteiger partial charge on any atom is 0.404 e. The molecule has 2 aromatic heterocycles. The van der Waals surface area contributed by atoms with Crippen LogP contribution in [0.5, 0.6) is 5.88 Å². The highest BCUT2D eigenvalue weighted by Gasteiger charge is 2.23. The second-order valence-corrected chi connectivity index (χ2v) is 7.61. The Morgan fingerprint density at radius 3 is 2.70 bits per heavy atom. The van der Waals surface area contributed by atoms with Crippen molar-refractivity contribution in [1.82, 2.24) is 20.6 Å². The standard InChI is InChI=1S/C18H16ClFN4O5S/c19-9-2-1-8(5-10(9)20)11-3-4-12(22-11)15(26)23-13(6-21-18(28)29)17-24-16(27)14(7-25)30-17/h1-5,13,21-22,25,27H,6-7H2,(H,23,26)(H,28,29). The molecule has 0 saturated carbocycles. The van der Waals surface area contributed by atoms with E-state index in [0.29, 0.717) is 11.3 Å². The van der Waals surface area contributed by atoms with Crippen LogP contribution in [0, 0.1) is 5.82 Å². The number of halogens is 2. The van der Waals surface area contributed by atoms with Gasteiger partial charge in [0.25, 0.3) is 5.91 Å². The van der Waals surface area contributed by atoms with Gasteiger partial charge in [-0.25, -0.2) is 14.2 Å². The van der Waals surface area contributed by atoms with Gasteiger partial charge in [-0.05, 0) is 24.3 Å². The number of thiazole rings is 1. The van der Waals surface area contributed by atoms with Crippen LogP contribution in [0.3, 0.4) is 0 Å². The van der Waals surface area contributed by atoms with E-state index in [1.165, 1.54) is 18.2 Å². The summed E-state index contributed by atoms with van der Waals surface area (Å²) < 4.78 is 13.7. The number of amides is 2. The average Bonchev–Trinajstić information content (AvgIpc) is 3.34. The van der Waals surface area contributed by atoms with Crippen LogP contribution in [0.4, 0.5) is 9.18 Å². The molecule has 0 fully saturated rings. The summed E-state index contributed by atoms with van der Waals surface area (Å²) in [6.07, 6.45) is -1.30. The van der Waals surface area contributed by atoms with E-state index in [1.807, 2.05) is 0 Å². The van der Waals surface area contributed by atoms with E-state index < -0.39 is 30.5 Å². The maximum atomic E-state index is 13.7. The van der Waals surface area contributed by atoms with E-state index >= 15 is 0 Å². The molecule has 9 nitrogen and oxygen atoms in total. The minimum atomic E-state index is -1.30. The second kappa shape index (κ2) is 9.11. The zero-order valence-electron chi connectivity index (χ0n) is 15.1. The van der Waals surface area contributed by atoms with Crippen LogP contribution >= 0.6 is 22.9 Å². The van der Waals surface area contributed by atoms with Crippen LogP contribution in [0.25, 0.3) is 11.3 Å². The van der Waals surface area contributed by atoms with Crippen molar-refractivity contribution in [2.24, 2.45) is 0 Å². The summed E-state index contributed by atoms with van der Waals surface area (Å²) in [7, 11) is 0. The molecular weight excluding hydrogens is 439 g/mol. The summed E-state index contributed by atoms with van der Waals surface area (Å²) in [4.78, 5) is 30.4. The lowest BCUT2D eigenvalue weighted by Crippen LogP contribution is -2.37. The van der Waals surface area contributed by atoms with Crippen LogP contribution < -0.4 is 10.6 Å². The molecule has 12 heteroatoms. The predicted octanol–water partition coefficient (Wildman–Crippen LogP) is 2.87. The van der Waals surface area contributed by atoms with Crippen LogP contribution in [0.2, 0.25) is 5.02 Å². The highest BCUT2D eigenvalue weighted by atomic mass is 35.5. The highest BCUT2D eigenvalue weighted by molar-refractivity contribution is 7.12. The van der Waals surface area contributed by atoms with Crippen LogP contribution in [-0.4, -0.2) is 43.8 Å². The molecule has 3 aromatic rings. The van der Waals surface area contributed by atoms with Crippen LogP contribution in [-0.2, 0) is 6.61 Å². The summed E-state index contributed by atoms with van der Waals surface area (Å²) in [6, 6.07) is 6.38. The van der Waals surface area contributed by atoms with Crippen molar-refractivity contribution in [2.75, 3.05) is 6.54 Å². The van der Waals surface area contributed by atoms with Gasteiger partial charge in [0.1, 0.15) is 16.5 Å². The number of hydrogen-bond donors (Lipinski definition) is 6. The lowest BCUT2D eigenvalue weighted by molar-refractivity contribution is 0.0930. The average molecular weight is 455 g/mol. The number of hydrogen-bond acceptors (Lipinski definition) is 6. The van der Waals surface area contributed by atoms with E-state index in [1.54, 1.807) is 12.1 Å². The Bertz CT molecular complexity index is 1090. The number of H-pyrrole nitrogens is 1. The Morgan fingerprint density at radius 1 is 1.30 bits per heavy atom. The SMILES string of the molecule is O=C(O)NCC(NC(=O)c1ccc(-c2ccc(Cl)c(F)c2)[nH]1)c1nc(O)c(CO)s1. The monoisotopic (exact) mass is 454 g/mol. The molecule has 1 atom stereocenters. The first-order valence-corrected chi connectivity index (χ1v) is 9.69. The van der Waals surface area contributed by atoms with Gasteiger partial charge in [0.05, 0.1) is 22.5 Å². The molecule has 30 heavy (non-hydrogen) atoms. The highest BCUT2D eigenvalue weighted by Crippen LogP contribution is 2.29. The minimum absolute atomic E-state index is 0.0222. The smallest absolute Gasteiger partial charge is 0.404 e. The molecule has 1 unspecified atom stereocenters. The second-order valence-electron chi connectivity index (χ2n) is 6.08. The number of carbonyl (C=O) groups is 2. The van der Waals surface area contributed by atoms with Gasteiger partial charge in [-0.1, -0.05) is 17.7 Å². The molecule has 6 N–H and O–H groups in total. The fourth-order valence-corrected chi connectivity index (χ4v) is 3.59. The van der Waals surface area contributed by atoms with Crippen LogP contribution in [0.15, 0.2) is 30.3 Å². The number of carboxylic acid groups (broad SMARTS) is 1. The van der Waals surface area contributed by atoms with Crippen molar-refractivity contribution >= 4 is 34.9 Å². The summed E-state index contributed by atoms with van der Waals surface area (Å²) in [5.41, 5.74) is 1.10. The summed E-state index contributed by atoms with van der Waals surface area (Å²) in [5.74, 6) is -1.56. The van der Waals surface area contributed by atoms with E-state index in [0.717, 1.165) is 11.3 Å². The largest absolute Gasteiger partial charge is 0.492 e. The third kappa shape index (κ3) is 4.87. The summed E-state index contributed by atoms with van der Waals surface area (Å²) in [6.45, 7) is -0.664. The summed E-state index contributed by atoms with van der Waals surface area (Å²) >= 11 is 6.62. The fourth-order valence-electron chi connectivity index (χ4n) is 2.60. The van der Waals surface area contributed by atoms with Gasteiger partial charge in [-0.3, -0.25) is 4.79 Å². The van der Waals surface area contributed by atoms with Crippen molar-refractivity contribution in [3.05, 3.63) is 56.8 Å². The molecule has 0 spiro atoms. The van der Waals surface area contributed by atoms with E-state index in [2.05, 4.69) is 20.6 Å². The lowest BCUT2D eigenvalue weighted by atomic mass is 10.1. The van der Waals surface area contributed by atoms with Crippen molar-refractivity contribution < 1.29 is 29.3 Å². The number of nitrogens with zero attached hydrogens (tertiary/aromatic N) is 1. The Labute approximate surface area is 178 Å². The first-order chi connectivity index (χ1) is 14.3. The first-order valence-electron chi connectivity index (χ1n) is 8.50. The number of nitrogens with one attached hydrogen (secondary N) is 3. The number of aromatic hydroxyl groups is 1. The van der Waals surface area contributed by atoms with E-state index in [-0.39, 0.29) is 33.0 Å². The van der Waals surface area contributed by atoms with E-state index in [9.17, 15) is 24.2 Å². The molecule has 0 radical (unpaired) electrons. The van der Waals surface area contributed by atoms with Gasteiger partial charge >= 0.3 is 6.09 Å². The Balaban J connectivity index is 1.80. The maximum absolute atomic E-state index is 13.7. The topological polar surface area (TPSA) is 148 Å². The molecule has 0 aliphatic heterocycles. The molecule has 0 bridgehead atoms. The van der Waals surface area contributed by atoms with Crippen LogP contribution in [0.1, 0.15) is 26.4 Å². The van der Waals surface area contributed by atoms with Gasteiger partial charge < -0.3 is 30.9 Å². The zero-order valence-corrected chi connectivity index (χ0v) is 16.7. The molecule has 3 rings (SSSR count). The van der Waals surface area contributed by atoms with Crippen molar-refractivity contribution in [2.45, 2.75) is 12.6 Å². The minimum Gasteiger partial charge on any atom is -0.492 e. The number of carbonyl (C=O) groups excluding carboxylic acids is 1. The molecule has 1 aromatic carbocycles. The molecule has 2 amide bonds. The summed E-state index contributed by atoms with van der Waals surface area (Å²) in [5, 5.41) is 32.8. The van der Waals surface area contributed by atoms with Crippen molar-refractivity contribution in [1.29, 1.82) is 0 Å². The molecule has 158 valence electrons. The number of aromatic nitrogens is 2. The van der Waals surface area contributed by atoms with Gasteiger partial charge in [0.15, 0.2) is 0 Å². The normalized spacial score (nSPS) is 11.8. The van der Waals surface area contributed by atoms with E-state index in [4.69, 9.17) is 16.7 Å². The number of aliphatic hydroxyl groups excluding tert-OH is 1. The lowest BCUT2D eigenvalue weighted by Gasteiger charge is -2.16. The van der Waals surface area contributed by atoms with Crippen molar-refractivity contribution in [3.63, 3.8) is 0 Å². The first kappa shape index (κ1) is 21.6. The number of aliphatic hydroxyl groups is 1. The zero-order chi connectivity index (χ0) is 21.8. The van der Waals surface area contributed by atoms with Gasteiger partial charge in [0, 0.05) is 17.8 Å².